The summed E-state index contributed by atoms with van der Waals surface area (Å²) < 4.78 is 10.8. The molecular weight excluding hydrogens is 452 g/mol. The number of nitrogens with zero attached hydrogens (tertiary/aromatic N) is 2. The van der Waals surface area contributed by atoms with Gasteiger partial charge in [0.05, 0.1) is 19.7 Å². The van der Waals surface area contributed by atoms with Crippen LogP contribution in [0.25, 0.3) is 17.0 Å². The number of hydrogen-bond acceptors (Lipinski definition) is 6. The number of hydrogen-bond donors (Lipinski definition) is 2. The average molecular weight is 475 g/mol. The number of methoxy groups -OCH3 is 2. The summed E-state index contributed by atoms with van der Waals surface area (Å²) in [5, 5.41) is 7.57. The van der Waals surface area contributed by atoms with Crippen LogP contribution in [0.2, 0.25) is 5.02 Å². The van der Waals surface area contributed by atoms with Gasteiger partial charge >= 0.3 is 0 Å². The summed E-state index contributed by atoms with van der Waals surface area (Å²) in [5.41, 5.74) is 3.33. The standard InChI is InChI=1S/C26H23ClN4O3/c1-33-23-13-20-22(14-24(23)34-2)29-16-30-26(20)31-19-10-7-17(8-11-19)9-12-25(32)28-15-18-5-3-4-6-21(18)27/h3-14,16H,15H2,1-2H3,(H,28,32)(H,29,30,31)/b12-9+. The number of fused-ring (bicyclic) bond motifs is 1. The molecule has 8 heteroatoms. The summed E-state index contributed by atoms with van der Waals surface area (Å²) in [4.78, 5) is 20.8. The van der Waals surface area contributed by atoms with Crippen LogP contribution in [0, 0.1) is 0 Å². The highest BCUT2D eigenvalue weighted by atomic mass is 35.5. The predicted molar refractivity (Wildman–Crippen MR) is 135 cm³/mol. The third kappa shape index (κ3) is 5.44. The summed E-state index contributed by atoms with van der Waals surface area (Å²) >= 11 is 6.12. The first-order valence-electron chi connectivity index (χ1n) is 10.5. The molecule has 0 aliphatic carbocycles. The van der Waals surface area contributed by atoms with Gasteiger partial charge < -0.3 is 20.1 Å². The Morgan fingerprint density at radius 2 is 1.74 bits per heavy atom. The van der Waals surface area contributed by atoms with Crippen LogP contribution in [-0.4, -0.2) is 30.1 Å². The van der Waals surface area contributed by atoms with Gasteiger partial charge in [0.1, 0.15) is 12.1 Å². The summed E-state index contributed by atoms with van der Waals surface area (Å²) in [6.45, 7) is 0.370. The van der Waals surface area contributed by atoms with Crippen molar-refractivity contribution in [3.05, 3.63) is 89.2 Å². The van der Waals surface area contributed by atoms with E-state index in [9.17, 15) is 4.79 Å². The number of nitrogens with one attached hydrogen (secondary N) is 2. The summed E-state index contributed by atoms with van der Waals surface area (Å²) in [5.74, 6) is 1.65. The largest absolute Gasteiger partial charge is 0.493 e. The zero-order valence-corrected chi connectivity index (χ0v) is 19.5. The van der Waals surface area contributed by atoms with E-state index in [-0.39, 0.29) is 5.91 Å². The lowest BCUT2D eigenvalue weighted by Crippen LogP contribution is -2.20. The maximum Gasteiger partial charge on any atom is 0.244 e. The summed E-state index contributed by atoms with van der Waals surface area (Å²) in [6, 6.07) is 18.7. The second-order valence-electron chi connectivity index (χ2n) is 7.34. The Balaban J connectivity index is 1.42. The predicted octanol–water partition coefficient (Wildman–Crippen LogP) is 5.37. The van der Waals surface area contributed by atoms with Crippen LogP contribution in [0.15, 0.2) is 73.1 Å². The quantitative estimate of drug-likeness (QED) is 0.334. The van der Waals surface area contributed by atoms with Gasteiger partial charge in [0.2, 0.25) is 5.91 Å². The highest BCUT2D eigenvalue weighted by molar-refractivity contribution is 6.31. The van der Waals surface area contributed by atoms with Crippen molar-refractivity contribution >= 4 is 46.0 Å². The number of amides is 1. The number of rotatable bonds is 8. The van der Waals surface area contributed by atoms with E-state index in [1.165, 1.54) is 12.4 Å². The molecule has 0 saturated heterocycles. The Bertz CT molecular complexity index is 1340. The van der Waals surface area contributed by atoms with Gasteiger partial charge in [-0.3, -0.25) is 4.79 Å². The minimum atomic E-state index is -0.195. The van der Waals surface area contributed by atoms with E-state index in [0.717, 1.165) is 27.7 Å². The monoisotopic (exact) mass is 474 g/mol. The second kappa shape index (κ2) is 10.7. The molecule has 0 saturated carbocycles. The molecule has 4 aromatic rings. The molecule has 0 unspecified atom stereocenters. The van der Waals surface area contributed by atoms with Gasteiger partial charge in [-0.1, -0.05) is 41.9 Å². The van der Waals surface area contributed by atoms with Gasteiger partial charge in [0.25, 0.3) is 0 Å². The van der Waals surface area contributed by atoms with E-state index < -0.39 is 0 Å². The smallest absolute Gasteiger partial charge is 0.244 e. The van der Waals surface area contributed by atoms with E-state index in [2.05, 4.69) is 20.6 Å². The molecular formula is C26H23ClN4O3. The molecule has 1 amide bonds. The lowest BCUT2D eigenvalue weighted by Gasteiger charge is -2.12. The van der Waals surface area contributed by atoms with E-state index in [1.54, 1.807) is 26.4 Å². The molecule has 0 aliphatic rings. The van der Waals surface area contributed by atoms with E-state index >= 15 is 0 Å². The fraction of sp³-hybridized carbons (Fsp3) is 0.115. The van der Waals surface area contributed by atoms with Crippen molar-refractivity contribution in [3.8, 4) is 11.5 Å². The molecule has 0 spiro atoms. The van der Waals surface area contributed by atoms with Crippen LogP contribution >= 0.6 is 11.6 Å². The molecule has 0 bridgehead atoms. The van der Waals surface area contributed by atoms with Gasteiger partial charge in [0.15, 0.2) is 11.5 Å². The van der Waals surface area contributed by atoms with Crippen LogP contribution in [0.1, 0.15) is 11.1 Å². The number of ether oxygens (including phenoxy) is 2. The van der Waals surface area contributed by atoms with Gasteiger partial charge in [-0.15, -0.1) is 0 Å². The van der Waals surface area contributed by atoms with Gasteiger partial charge in [-0.05, 0) is 41.5 Å². The van der Waals surface area contributed by atoms with Crippen molar-refractivity contribution in [3.63, 3.8) is 0 Å². The molecule has 1 aromatic heterocycles. The topological polar surface area (TPSA) is 85.4 Å². The van der Waals surface area contributed by atoms with E-state index in [1.807, 2.05) is 54.6 Å². The minimum Gasteiger partial charge on any atom is -0.493 e. The van der Waals surface area contributed by atoms with Crippen LogP contribution in [0.5, 0.6) is 11.5 Å². The molecule has 0 aliphatic heterocycles. The van der Waals surface area contributed by atoms with Crippen molar-refractivity contribution in [1.82, 2.24) is 15.3 Å². The fourth-order valence-corrected chi connectivity index (χ4v) is 3.55. The number of aromatic nitrogens is 2. The van der Waals surface area contributed by atoms with Crippen molar-refractivity contribution in [2.24, 2.45) is 0 Å². The molecule has 34 heavy (non-hydrogen) atoms. The Hall–Kier alpha value is -4.10. The lowest BCUT2D eigenvalue weighted by molar-refractivity contribution is -0.116. The van der Waals surface area contributed by atoms with Gasteiger partial charge in [0, 0.05) is 34.8 Å². The maximum atomic E-state index is 12.1. The summed E-state index contributed by atoms with van der Waals surface area (Å²) in [6.07, 6.45) is 4.74. The number of carbonyl (C=O) groups excluding carboxylic acids is 1. The lowest BCUT2D eigenvalue weighted by atomic mass is 10.1. The Morgan fingerprint density at radius 3 is 2.47 bits per heavy atom. The first-order valence-corrected chi connectivity index (χ1v) is 10.9. The first-order chi connectivity index (χ1) is 16.6. The van der Waals surface area contributed by atoms with Crippen LogP contribution < -0.4 is 20.1 Å². The molecule has 1 heterocycles. The number of carbonyl (C=O) groups is 1. The normalized spacial score (nSPS) is 10.9. The van der Waals surface area contributed by atoms with Gasteiger partial charge in [-0.2, -0.15) is 0 Å². The molecule has 7 nitrogen and oxygen atoms in total. The molecule has 4 rings (SSSR count). The second-order valence-corrected chi connectivity index (χ2v) is 7.74. The van der Waals surface area contributed by atoms with Crippen LogP contribution in [0.4, 0.5) is 11.5 Å². The zero-order valence-electron chi connectivity index (χ0n) is 18.7. The third-order valence-electron chi connectivity index (χ3n) is 5.15. The Morgan fingerprint density at radius 1 is 1.00 bits per heavy atom. The number of benzene rings is 3. The molecule has 3 aromatic carbocycles. The SMILES string of the molecule is COc1cc2ncnc(Nc3ccc(/C=C/C(=O)NCc4ccccc4Cl)cc3)c2cc1OC. The first kappa shape index (κ1) is 23.1. The average Bonchev–Trinajstić information content (AvgIpc) is 2.87. The highest BCUT2D eigenvalue weighted by Crippen LogP contribution is 2.34. The van der Waals surface area contributed by atoms with Crippen LogP contribution in [0.3, 0.4) is 0 Å². The number of anilines is 2. The van der Waals surface area contributed by atoms with Crippen molar-refractivity contribution in [2.45, 2.75) is 6.54 Å². The molecule has 172 valence electrons. The Kier molecular flexibility index (Phi) is 7.25. The van der Waals surface area contributed by atoms with Gasteiger partial charge in [-0.25, -0.2) is 9.97 Å². The van der Waals surface area contributed by atoms with E-state index in [0.29, 0.717) is 28.9 Å². The van der Waals surface area contributed by atoms with Crippen molar-refractivity contribution in [2.75, 3.05) is 19.5 Å². The maximum absolute atomic E-state index is 12.1. The number of halogens is 1. The highest BCUT2D eigenvalue weighted by Gasteiger charge is 2.11. The zero-order chi connectivity index (χ0) is 23.9. The molecule has 2 N–H and O–H groups in total. The van der Waals surface area contributed by atoms with Crippen LogP contribution in [-0.2, 0) is 11.3 Å². The van der Waals surface area contributed by atoms with E-state index in [4.69, 9.17) is 21.1 Å². The molecule has 0 radical (unpaired) electrons. The summed E-state index contributed by atoms with van der Waals surface area (Å²) in [7, 11) is 3.17. The third-order valence-corrected chi connectivity index (χ3v) is 5.52. The molecule has 0 fully saturated rings. The minimum absolute atomic E-state index is 0.195. The van der Waals surface area contributed by atoms with Crippen molar-refractivity contribution < 1.29 is 14.3 Å². The van der Waals surface area contributed by atoms with Crippen molar-refractivity contribution in [1.29, 1.82) is 0 Å². The molecule has 0 atom stereocenters. The Labute approximate surface area is 202 Å². The fourth-order valence-electron chi connectivity index (χ4n) is 3.35.